The first-order chi connectivity index (χ1) is 13.3. The number of Topliss-reactive ketones (excluding diaryl/α,β-unsaturated/α-hetero) is 1. The smallest absolute Gasteiger partial charge is 0.247 e. The van der Waals surface area contributed by atoms with Gasteiger partial charge in [0.15, 0.2) is 5.78 Å². The van der Waals surface area contributed by atoms with Gasteiger partial charge in [-0.3, -0.25) is 9.59 Å². The van der Waals surface area contributed by atoms with Gasteiger partial charge in [0.05, 0.1) is 0 Å². The zero-order chi connectivity index (χ0) is 20.3. The number of hydrogen-bond donors (Lipinski definition) is 1. The van der Waals surface area contributed by atoms with Gasteiger partial charge in [-0.25, -0.2) is 0 Å². The summed E-state index contributed by atoms with van der Waals surface area (Å²) >= 11 is 0. The van der Waals surface area contributed by atoms with Crippen LogP contribution in [0.3, 0.4) is 0 Å². The minimum Gasteiger partial charge on any atom is -0.440 e. The molecule has 1 amide bonds. The Morgan fingerprint density at radius 3 is 2.71 bits per heavy atom. The van der Waals surface area contributed by atoms with Crippen molar-refractivity contribution in [3.05, 3.63) is 65.2 Å². The Kier molecular flexibility index (Phi) is 3.76. The molecule has 0 fully saturated rings. The molecular weight excluding hydrogens is 354 g/mol. The molecule has 0 saturated heterocycles. The van der Waals surface area contributed by atoms with Gasteiger partial charge in [-0.05, 0) is 17.9 Å². The van der Waals surface area contributed by atoms with Crippen LogP contribution in [0.4, 0.5) is 0 Å². The molecule has 1 spiro atoms. The maximum absolute atomic E-state index is 13.9. The summed E-state index contributed by atoms with van der Waals surface area (Å²) in [5.74, 6) is -0.237. The molecule has 3 aliphatic rings. The quantitative estimate of drug-likeness (QED) is 0.802. The van der Waals surface area contributed by atoms with Crippen molar-refractivity contribution < 1.29 is 14.3 Å². The average molecular weight is 375 g/mol. The molecule has 1 aliphatic carbocycles. The highest BCUT2D eigenvalue weighted by Gasteiger charge is 2.63. The summed E-state index contributed by atoms with van der Waals surface area (Å²) in [6, 6.07) is 9.01. The number of amides is 1. The molecule has 0 saturated carbocycles. The third-order valence-electron chi connectivity index (χ3n) is 5.68. The summed E-state index contributed by atoms with van der Waals surface area (Å²) in [4.78, 5) is 28.8. The fourth-order valence-electron chi connectivity index (χ4n) is 4.67. The molecule has 142 valence electrons. The molecule has 6 nitrogen and oxygen atoms in total. The molecule has 2 heterocycles. The van der Waals surface area contributed by atoms with Gasteiger partial charge in [-0.2, -0.15) is 5.26 Å². The van der Waals surface area contributed by atoms with Crippen LogP contribution < -0.4 is 10.5 Å². The Morgan fingerprint density at radius 1 is 1.32 bits per heavy atom. The van der Waals surface area contributed by atoms with Crippen LogP contribution in [-0.2, 0) is 15.0 Å². The molecule has 2 N–H and O–H groups in total. The van der Waals surface area contributed by atoms with Gasteiger partial charge in [0, 0.05) is 29.8 Å². The topological polar surface area (TPSA) is 96.4 Å². The minimum atomic E-state index is -1.56. The van der Waals surface area contributed by atoms with E-state index in [4.69, 9.17) is 10.5 Å². The molecule has 4 rings (SSSR count). The highest BCUT2D eigenvalue weighted by molar-refractivity contribution is 6.15. The second-order valence-corrected chi connectivity index (χ2v) is 8.17. The number of para-hydroxylation sites is 1. The number of fused-ring (bicyclic) bond motifs is 3. The molecule has 2 aliphatic heterocycles. The largest absolute Gasteiger partial charge is 0.440 e. The lowest BCUT2D eigenvalue weighted by Gasteiger charge is -2.37. The molecule has 1 atom stereocenters. The van der Waals surface area contributed by atoms with Crippen LogP contribution in [0.15, 0.2) is 59.6 Å². The lowest BCUT2D eigenvalue weighted by molar-refractivity contribution is -0.131. The van der Waals surface area contributed by atoms with Crippen LogP contribution in [0.5, 0.6) is 5.75 Å². The van der Waals surface area contributed by atoms with E-state index >= 15 is 0 Å². The van der Waals surface area contributed by atoms with E-state index in [1.165, 1.54) is 0 Å². The number of nitriles is 1. The van der Waals surface area contributed by atoms with Gasteiger partial charge in [-0.1, -0.05) is 38.1 Å². The van der Waals surface area contributed by atoms with Gasteiger partial charge in [-0.15, -0.1) is 6.58 Å². The third-order valence-corrected chi connectivity index (χ3v) is 5.68. The number of nitrogens with two attached hydrogens (primary N) is 1. The molecule has 0 bridgehead atoms. The van der Waals surface area contributed by atoms with Crippen LogP contribution in [-0.4, -0.2) is 23.1 Å². The molecule has 1 aromatic rings. The normalized spacial score (nSPS) is 25.4. The highest BCUT2D eigenvalue weighted by Crippen LogP contribution is 2.57. The Hall–Kier alpha value is -3.33. The number of allylic oxidation sites excluding steroid dienone is 1. The lowest BCUT2D eigenvalue weighted by Crippen LogP contribution is -2.47. The van der Waals surface area contributed by atoms with E-state index in [2.05, 4.69) is 12.6 Å². The van der Waals surface area contributed by atoms with Crippen molar-refractivity contribution in [2.24, 2.45) is 11.1 Å². The summed E-state index contributed by atoms with van der Waals surface area (Å²) in [5.41, 5.74) is 5.70. The first kappa shape index (κ1) is 18.1. The molecule has 1 aromatic carbocycles. The van der Waals surface area contributed by atoms with Crippen molar-refractivity contribution in [3.63, 3.8) is 0 Å². The van der Waals surface area contributed by atoms with E-state index in [1.54, 1.807) is 35.2 Å². The van der Waals surface area contributed by atoms with Crippen molar-refractivity contribution in [2.45, 2.75) is 32.1 Å². The number of rotatable bonds is 2. The summed E-state index contributed by atoms with van der Waals surface area (Å²) in [7, 11) is 0. The Morgan fingerprint density at radius 2 is 2.04 bits per heavy atom. The zero-order valence-electron chi connectivity index (χ0n) is 15.9. The standard InChI is InChI=1S/C22H21N3O3/c1-4-9-25-15-10-21(2,3)11-16(26)18(15)22(20(25)27)13-7-5-6-8-17(13)28-19(24)14(22)12-23/h4-8H,1,9-11,24H2,2-3H3/t22-/m1/s1. The van der Waals surface area contributed by atoms with Crippen LogP contribution >= 0.6 is 0 Å². The first-order valence-electron chi connectivity index (χ1n) is 9.15. The van der Waals surface area contributed by atoms with E-state index in [1.807, 2.05) is 13.8 Å². The summed E-state index contributed by atoms with van der Waals surface area (Å²) in [6.45, 7) is 8.02. The number of hydrogen-bond acceptors (Lipinski definition) is 5. The van der Waals surface area contributed by atoms with Crippen molar-refractivity contribution in [1.29, 1.82) is 5.26 Å². The lowest BCUT2D eigenvalue weighted by atomic mass is 9.63. The number of carbonyl (C=O) groups excluding carboxylic acids is 2. The Balaban J connectivity index is 2.12. The van der Waals surface area contributed by atoms with Crippen molar-refractivity contribution in [1.82, 2.24) is 4.90 Å². The van der Waals surface area contributed by atoms with Crippen molar-refractivity contribution in [2.75, 3.05) is 6.54 Å². The highest BCUT2D eigenvalue weighted by atomic mass is 16.5. The molecule has 28 heavy (non-hydrogen) atoms. The second kappa shape index (κ2) is 5.83. The fourth-order valence-corrected chi connectivity index (χ4v) is 4.67. The monoisotopic (exact) mass is 375 g/mol. The average Bonchev–Trinajstić information content (AvgIpc) is 2.85. The van der Waals surface area contributed by atoms with E-state index in [-0.39, 0.29) is 35.1 Å². The predicted molar refractivity (Wildman–Crippen MR) is 103 cm³/mol. The number of carbonyl (C=O) groups is 2. The predicted octanol–water partition coefficient (Wildman–Crippen LogP) is 2.68. The van der Waals surface area contributed by atoms with E-state index in [9.17, 15) is 14.9 Å². The van der Waals surface area contributed by atoms with Crippen LogP contribution in [0.25, 0.3) is 0 Å². The number of benzene rings is 1. The van der Waals surface area contributed by atoms with Gasteiger partial charge < -0.3 is 15.4 Å². The van der Waals surface area contributed by atoms with Crippen LogP contribution in [0.2, 0.25) is 0 Å². The maximum atomic E-state index is 13.9. The summed E-state index contributed by atoms with van der Waals surface area (Å²) in [5, 5.41) is 9.93. The van der Waals surface area contributed by atoms with Gasteiger partial charge >= 0.3 is 0 Å². The molecule has 6 heteroatoms. The van der Waals surface area contributed by atoms with Crippen LogP contribution in [0.1, 0.15) is 32.3 Å². The molecule has 0 radical (unpaired) electrons. The molecular formula is C22H21N3O3. The third kappa shape index (κ3) is 2.13. The maximum Gasteiger partial charge on any atom is 0.247 e. The second-order valence-electron chi connectivity index (χ2n) is 8.17. The number of ketones is 1. The summed E-state index contributed by atoms with van der Waals surface area (Å²) < 4.78 is 5.63. The van der Waals surface area contributed by atoms with Crippen LogP contribution in [0, 0.1) is 16.7 Å². The Bertz CT molecular complexity index is 1040. The van der Waals surface area contributed by atoms with E-state index in [0.717, 1.165) is 0 Å². The van der Waals surface area contributed by atoms with E-state index < -0.39 is 5.41 Å². The Labute approximate surface area is 163 Å². The molecule has 0 aromatic heterocycles. The molecule has 0 unspecified atom stereocenters. The van der Waals surface area contributed by atoms with Gasteiger partial charge in [0.25, 0.3) is 0 Å². The van der Waals surface area contributed by atoms with Crippen molar-refractivity contribution in [3.8, 4) is 11.8 Å². The zero-order valence-corrected chi connectivity index (χ0v) is 15.9. The first-order valence-corrected chi connectivity index (χ1v) is 9.15. The minimum absolute atomic E-state index is 0.0247. The summed E-state index contributed by atoms with van der Waals surface area (Å²) in [6.07, 6.45) is 2.47. The van der Waals surface area contributed by atoms with Gasteiger partial charge in [0.2, 0.25) is 11.8 Å². The van der Waals surface area contributed by atoms with Gasteiger partial charge in [0.1, 0.15) is 22.8 Å². The fraction of sp³-hybridized carbons (Fsp3) is 0.318. The SMILES string of the molecule is C=CCN1C(=O)[C@]2(C(C#N)=C(N)Oc3ccccc32)C2=C1CC(C)(C)CC2=O. The van der Waals surface area contributed by atoms with E-state index in [0.29, 0.717) is 35.4 Å². The number of nitrogens with zero attached hydrogens (tertiary/aromatic N) is 2. The number of ether oxygens (including phenoxy) is 1. The van der Waals surface area contributed by atoms with Crippen molar-refractivity contribution >= 4 is 11.7 Å².